The molecule has 1 fully saturated rings. The van der Waals surface area contributed by atoms with Crippen LogP contribution in [0.5, 0.6) is 0 Å². The van der Waals surface area contributed by atoms with Gasteiger partial charge in [-0.2, -0.15) is 0 Å². The molecule has 5 nitrogen and oxygen atoms in total. The number of anilines is 2. The van der Waals surface area contributed by atoms with Gasteiger partial charge in [-0.25, -0.2) is 4.98 Å². The second kappa shape index (κ2) is 7.77. The van der Waals surface area contributed by atoms with Crippen molar-refractivity contribution in [2.75, 3.05) is 23.3 Å². The van der Waals surface area contributed by atoms with E-state index < -0.39 is 0 Å². The largest absolute Gasteiger partial charge is 0.372 e. The summed E-state index contributed by atoms with van der Waals surface area (Å²) >= 11 is 1.68. The average Bonchev–Trinajstić information content (AvgIpc) is 3.06. The monoisotopic (exact) mass is 345 g/mol. The summed E-state index contributed by atoms with van der Waals surface area (Å²) in [7, 11) is 0. The smallest absolute Gasteiger partial charge is 0.224 e. The Bertz CT molecular complexity index is 647. The van der Waals surface area contributed by atoms with Gasteiger partial charge in [0.2, 0.25) is 5.91 Å². The molecule has 0 aliphatic carbocycles. The predicted octanol–water partition coefficient (Wildman–Crippen LogP) is 3.33. The quantitative estimate of drug-likeness (QED) is 0.903. The van der Waals surface area contributed by atoms with Gasteiger partial charge in [0.15, 0.2) is 0 Å². The molecule has 0 aromatic carbocycles. The van der Waals surface area contributed by atoms with Gasteiger partial charge in [0.1, 0.15) is 5.82 Å². The fraction of sp³-hybridized carbons (Fsp3) is 0.444. The van der Waals surface area contributed by atoms with Crippen molar-refractivity contribution in [3.8, 4) is 0 Å². The van der Waals surface area contributed by atoms with Crippen molar-refractivity contribution in [3.05, 3.63) is 40.7 Å². The van der Waals surface area contributed by atoms with Crippen LogP contribution in [0.4, 0.5) is 11.5 Å². The van der Waals surface area contributed by atoms with Gasteiger partial charge in [-0.15, -0.1) is 11.3 Å². The number of amides is 1. The van der Waals surface area contributed by atoms with Crippen LogP contribution in [0.15, 0.2) is 35.8 Å². The Morgan fingerprint density at radius 3 is 2.75 bits per heavy atom. The molecule has 6 heteroatoms. The highest BCUT2D eigenvalue weighted by Gasteiger charge is 2.23. The molecule has 1 aliphatic rings. The number of carbonyl (C=O) groups is 1. The first-order valence-corrected chi connectivity index (χ1v) is 9.17. The highest BCUT2D eigenvalue weighted by atomic mass is 32.1. The number of hydrogen-bond acceptors (Lipinski definition) is 5. The van der Waals surface area contributed by atoms with E-state index in [-0.39, 0.29) is 18.1 Å². The Hall–Kier alpha value is -1.92. The molecule has 1 saturated heterocycles. The van der Waals surface area contributed by atoms with E-state index >= 15 is 0 Å². The van der Waals surface area contributed by atoms with Gasteiger partial charge in [0.25, 0.3) is 0 Å². The van der Waals surface area contributed by atoms with E-state index in [1.54, 1.807) is 17.5 Å². The fourth-order valence-electron chi connectivity index (χ4n) is 2.93. The topological polar surface area (TPSA) is 54.5 Å². The predicted molar refractivity (Wildman–Crippen MR) is 97.7 cm³/mol. The lowest BCUT2D eigenvalue weighted by atomic mass is 10.2. The van der Waals surface area contributed by atoms with E-state index in [4.69, 9.17) is 4.74 Å². The minimum atomic E-state index is 0.0200. The molecule has 0 unspecified atom stereocenters. The van der Waals surface area contributed by atoms with Gasteiger partial charge in [0, 0.05) is 24.4 Å². The molecule has 3 heterocycles. The zero-order valence-corrected chi connectivity index (χ0v) is 14.9. The van der Waals surface area contributed by atoms with E-state index in [0.717, 1.165) is 31.0 Å². The fourth-order valence-corrected chi connectivity index (χ4v) is 3.64. The van der Waals surface area contributed by atoms with Crippen molar-refractivity contribution in [3.63, 3.8) is 0 Å². The van der Waals surface area contributed by atoms with Gasteiger partial charge in [-0.05, 0) is 43.8 Å². The Labute approximate surface area is 146 Å². The number of ether oxygens (including phenoxy) is 1. The number of carbonyl (C=O) groups excluding carboxylic acids is 1. The zero-order chi connectivity index (χ0) is 16.9. The van der Waals surface area contributed by atoms with Crippen LogP contribution in [-0.4, -0.2) is 36.2 Å². The number of pyridine rings is 1. The molecule has 2 aromatic heterocycles. The third-order valence-corrected chi connectivity index (χ3v) is 4.89. The number of nitrogens with zero attached hydrogens (tertiary/aromatic N) is 2. The first kappa shape index (κ1) is 16.9. The van der Waals surface area contributed by atoms with Crippen molar-refractivity contribution < 1.29 is 9.53 Å². The molecule has 128 valence electrons. The Kier molecular flexibility index (Phi) is 5.48. The Morgan fingerprint density at radius 2 is 2.12 bits per heavy atom. The molecular formula is C18H23N3O2S. The number of nitrogens with one attached hydrogen (secondary N) is 1. The van der Waals surface area contributed by atoms with E-state index in [9.17, 15) is 4.79 Å². The lowest BCUT2D eigenvalue weighted by Gasteiger charge is -2.36. The molecule has 3 rings (SSSR count). The summed E-state index contributed by atoms with van der Waals surface area (Å²) in [6, 6.07) is 7.93. The second-order valence-corrected chi connectivity index (χ2v) is 7.23. The summed E-state index contributed by atoms with van der Waals surface area (Å²) < 4.78 is 5.75. The van der Waals surface area contributed by atoms with E-state index in [0.29, 0.717) is 6.42 Å². The normalized spacial score (nSPS) is 20.8. The maximum Gasteiger partial charge on any atom is 0.224 e. The summed E-state index contributed by atoms with van der Waals surface area (Å²) in [4.78, 5) is 20.0. The van der Waals surface area contributed by atoms with E-state index in [1.165, 1.54) is 4.88 Å². The van der Waals surface area contributed by atoms with E-state index in [1.807, 2.05) is 23.6 Å². The number of aryl methyl sites for hydroxylation is 1. The highest BCUT2D eigenvalue weighted by molar-refractivity contribution is 7.09. The van der Waals surface area contributed by atoms with Crippen LogP contribution >= 0.6 is 11.3 Å². The van der Waals surface area contributed by atoms with Gasteiger partial charge < -0.3 is 15.0 Å². The maximum absolute atomic E-state index is 12.0. The number of thiophene rings is 1. The molecule has 0 radical (unpaired) electrons. The average molecular weight is 345 g/mol. The molecule has 2 atom stereocenters. The van der Waals surface area contributed by atoms with Crippen molar-refractivity contribution in [2.45, 2.75) is 38.9 Å². The van der Waals surface area contributed by atoms with Crippen molar-refractivity contribution in [1.82, 2.24) is 4.98 Å². The van der Waals surface area contributed by atoms with Crippen molar-refractivity contribution in [2.24, 2.45) is 0 Å². The standard InChI is InChI=1S/C18H23N3O2S/c1-13-11-21(12-14(2)23-13)17-7-5-15(10-19-17)20-18(22)8-6-16-4-3-9-24-16/h3-5,7,9-10,13-14H,6,8,11-12H2,1-2H3,(H,20,22)/t13-,14-/m0/s1. The van der Waals surface area contributed by atoms with Gasteiger partial charge in [-0.1, -0.05) is 6.07 Å². The SMILES string of the molecule is C[C@H]1CN(c2ccc(NC(=O)CCc3cccs3)cn2)C[C@H](C)O1. The second-order valence-electron chi connectivity index (χ2n) is 6.19. The molecule has 24 heavy (non-hydrogen) atoms. The minimum absolute atomic E-state index is 0.0200. The van der Waals surface area contributed by atoms with E-state index in [2.05, 4.69) is 35.1 Å². The number of aromatic nitrogens is 1. The van der Waals surface area contributed by atoms with Crippen LogP contribution < -0.4 is 10.2 Å². The minimum Gasteiger partial charge on any atom is -0.372 e. The summed E-state index contributed by atoms with van der Waals surface area (Å²) in [5.41, 5.74) is 0.740. The van der Waals surface area contributed by atoms with Crippen LogP contribution in [-0.2, 0) is 16.0 Å². The molecule has 1 aliphatic heterocycles. The Morgan fingerprint density at radius 1 is 1.33 bits per heavy atom. The van der Waals surface area contributed by atoms with Crippen LogP contribution in [0.25, 0.3) is 0 Å². The first-order valence-electron chi connectivity index (χ1n) is 8.29. The van der Waals surface area contributed by atoms with Gasteiger partial charge in [0.05, 0.1) is 24.1 Å². The van der Waals surface area contributed by atoms with Crippen LogP contribution in [0, 0.1) is 0 Å². The van der Waals surface area contributed by atoms with Crippen LogP contribution in [0.1, 0.15) is 25.1 Å². The van der Waals surface area contributed by atoms with Gasteiger partial charge in [-0.3, -0.25) is 4.79 Å². The zero-order valence-electron chi connectivity index (χ0n) is 14.1. The van der Waals surface area contributed by atoms with Crippen LogP contribution in [0.3, 0.4) is 0 Å². The first-order chi connectivity index (χ1) is 11.6. The van der Waals surface area contributed by atoms with Gasteiger partial charge >= 0.3 is 0 Å². The highest BCUT2D eigenvalue weighted by Crippen LogP contribution is 2.20. The molecular weight excluding hydrogens is 322 g/mol. The van der Waals surface area contributed by atoms with Crippen molar-refractivity contribution in [1.29, 1.82) is 0 Å². The lowest BCUT2D eigenvalue weighted by Crippen LogP contribution is -2.45. The molecule has 1 N–H and O–H groups in total. The Balaban J connectivity index is 1.53. The summed E-state index contributed by atoms with van der Waals surface area (Å²) in [6.45, 7) is 5.82. The summed E-state index contributed by atoms with van der Waals surface area (Å²) in [5, 5.41) is 4.94. The van der Waals surface area contributed by atoms with Crippen LogP contribution in [0.2, 0.25) is 0 Å². The molecule has 0 bridgehead atoms. The molecule has 1 amide bonds. The third kappa shape index (κ3) is 4.55. The third-order valence-electron chi connectivity index (χ3n) is 3.95. The molecule has 0 saturated carbocycles. The van der Waals surface area contributed by atoms with Crippen molar-refractivity contribution >= 4 is 28.7 Å². The summed E-state index contributed by atoms with van der Waals surface area (Å²) in [5.74, 6) is 0.945. The lowest BCUT2D eigenvalue weighted by molar-refractivity contribution is -0.116. The number of morpholine rings is 1. The maximum atomic E-state index is 12.0. The molecule has 0 spiro atoms. The number of hydrogen-bond donors (Lipinski definition) is 1. The number of rotatable bonds is 5. The molecule has 2 aromatic rings. The summed E-state index contributed by atoms with van der Waals surface area (Å²) in [6.07, 6.45) is 3.39.